The number of rotatable bonds is 7. The summed E-state index contributed by atoms with van der Waals surface area (Å²) in [7, 11) is 0. The van der Waals surface area contributed by atoms with Crippen LogP contribution >= 0.6 is 12.2 Å². The zero-order valence-corrected chi connectivity index (χ0v) is 19.6. The number of aromatic amines is 1. The predicted octanol–water partition coefficient (Wildman–Crippen LogP) is 3.66. The van der Waals surface area contributed by atoms with Gasteiger partial charge in [-0.1, -0.05) is 54.1 Å². The lowest BCUT2D eigenvalue weighted by Crippen LogP contribution is -2.47. The SMILES string of the molecule is Cc1cccc(-c2n[nH]c(=S)n2CC(=O)N2CCC(NC(=O)CCc3ccccc3)CC2)c1. The van der Waals surface area contributed by atoms with Gasteiger partial charge in [0.05, 0.1) is 0 Å². The zero-order chi connectivity index (χ0) is 23.2. The number of hydrogen-bond acceptors (Lipinski definition) is 4. The van der Waals surface area contributed by atoms with Crippen molar-refractivity contribution < 1.29 is 9.59 Å². The van der Waals surface area contributed by atoms with E-state index < -0.39 is 0 Å². The standard InChI is InChI=1S/C25H29N5O2S/c1-18-6-5-9-20(16-18)24-27-28-25(33)30(24)17-23(32)29-14-12-21(13-15-29)26-22(31)11-10-19-7-3-2-4-8-19/h2-9,16,21H,10-15,17H2,1H3,(H,26,31)(H,28,33). The molecule has 2 aromatic carbocycles. The first-order valence-corrected chi connectivity index (χ1v) is 11.7. The maximum absolute atomic E-state index is 13.0. The molecule has 2 N–H and O–H groups in total. The van der Waals surface area contributed by atoms with Crippen LogP contribution in [-0.2, 0) is 22.6 Å². The number of H-pyrrole nitrogens is 1. The zero-order valence-electron chi connectivity index (χ0n) is 18.8. The maximum atomic E-state index is 13.0. The Morgan fingerprint density at radius 2 is 1.88 bits per heavy atom. The molecule has 8 heteroatoms. The Bertz CT molecular complexity index is 1160. The fraction of sp³-hybridized carbons (Fsp3) is 0.360. The molecular weight excluding hydrogens is 434 g/mol. The van der Waals surface area contributed by atoms with Gasteiger partial charge in [0.25, 0.3) is 0 Å². The summed E-state index contributed by atoms with van der Waals surface area (Å²) >= 11 is 5.38. The molecule has 2 heterocycles. The van der Waals surface area contributed by atoms with Gasteiger partial charge in [0.2, 0.25) is 11.8 Å². The van der Waals surface area contributed by atoms with Gasteiger partial charge in [-0.2, -0.15) is 5.10 Å². The van der Waals surface area contributed by atoms with E-state index >= 15 is 0 Å². The van der Waals surface area contributed by atoms with E-state index in [1.165, 1.54) is 0 Å². The summed E-state index contributed by atoms with van der Waals surface area (Å²) in [5, 5.41) is 10.3. The van der Waals surface area contributed by atoms with Crippen molar-refractivity contribution in [3.05, 3.63) is 70.5 Å². The van der Waals surface area contributed by atoms with Crippen molar-refractivity contribution >= 4 is 24.0 Å². The van der Waals surface area contributed by atoms with Crippen LogP contribution in [0.4, 0.5) is 0 Å². The first-order valence-electron chi connectivity index (χ1n) is 11.3. The lowest BCUT2D eigenvalue weighted by atomic mass is 10.0. The number of piperidine rings is 1. The third-order valence-corrected chi connectivity index (χ3v) is 6.34. The molecule has 0 bridgehead atoms. The Kier molecular flexibility index (Phi) is 7.34. The summed E-state index contributed by atoms with van der Waals surface area (Å²) in [6, 6.07) is 18.1. The minimum atomic E-state index is 0.00950. The van der Waals surface area contributed by atoms with Crippen molar-refractivity contribution in [1.29, 1.82) is 0 Å². The Hall–Kier alpha value is -3.26. The van der Waals surface area contributed by atoms with Crippen molar-refractivity contribution in [3.63, 3.8) is 0 Å². The van der Waals surface area contributed by atoms with Crippen LogP contribution in [0.3, 0.4) is 0 Å². The molecule has 1 fully saturated rings. The number of aryl methyl sites for hydroxylation is 2. The highest BCUT2D eigenvalue weighted by Gasteiger charge is 2.25. The molecule has 1 aliphatic rings. The number of hydrogen-bond donors (Lipinski definition) is 2. The Balaban J connectivity index is 1.28. The molecule has 0 saturated carbocycles. The van der Waals surface area contributed by atoms with Crippen LogP contribution in [-0.4, -0.2) is 50.6 Å². The molecule has 172 valence electrons. The molecular formula is C25H29N5O2S. The molecule has 1 saturated heterocycles. The van der Waals surface area contributed by atoms with Crippen molar-refractivity contribution in [2.24, 2.45) is 0 Å². The Morgan fingerprint density at radius 1 is 1.12 bits per heavy atom. The first-order chi connectivity index (χ1) is 16.0. The second-order valence-corrected chi connectivity index (χ2v) is 8.90. The highest BCUT2D eigenvalue weighted by molar-refractivity contribution is 7.71. The monoisotopic (exact) mass is 463 g/mol. The summed E-state index contributed by atoms with van der Waals surface area (Å²) in [5.41, 5.74) is 3.20. The number of amides is 2. The van der Waals surface area contributed by atoms with Crippen molar-refractivity contribution in [1.82, 2.24) is 25.0 Å². The number of carbonyl (C=O) groups excluding carboxylic acids is 2. The van der Waals surface area contributed by atoms with Crippen LogP contribution in [0.25, 0.3) is 11.4 Å². The van der Waals surface area contributed by atoms with E-state index in [2.05, 4.69) is 15.5 Å². The summed E-state index contributed by atoms with van der Waals surface area (Å²) < 4.78 is 2.18. The van der Waals surface area contributed by atoms with Gasteiger partial charge >= 0.3 is 0 Å². The van der Waals surface area contributed by atoms with E-state index in [1.54, 1.807) is 4.57 Å². The van der Waals surface area contributed by atoms with Gasteiger partial charge in [0.1, 0.15) is 6.54 Å². The number of nitrogens with zero attached hydrogens (tertiary/aromatic N) is 3. The highest BCUT2D eigenvalue weighted by atomic mass is 32.1. The van der Waals surface area contributed by atoms with Crippen LogP contribution in [0.15, 0.2) is 54.6 Å². The molecule has 0 radical (unpaired) electrons. The smallest absolute Gasteiger partial charge is 0.242 e. The maximum Gasteiger partial charge on any atom is 0.242 e. The number of aromatic nitrogens is 3. The van der Waals surface area contributed by atoms with Gasteiger partial charge < -0.3 is 10.2 Å². The molecule has 0 atom stereocenters. The van der Waals surface area contributed by atoms with E-state index in [0.717, 1.165) is 36.0 Å². The molecule has 0 unspecified atom stereocenters. The van der Waals surface area contributed by atoms with Crippen molar-refractivity contribution in [2.75, 3.05) is 13.1 Å². The van der Waals surface area contributed by atoms with Gasteiger partial charge in [-0.25, -0.2) is 0 Å². The van der Waals surface area contributed by atoms with Crippen LogP contribution in [0.5, 0.6) is 0 Å². The highest BCUT2D eigenvalue weighted by Crippen LogP contribution is 2.19. The first kappa shape index (κ1) is 22.9. The van der Waals surface area contributed by atoms with Crippen LogP contribution in [0.2, 0.25) is 0 Å². The van der Waals surface area contributed by atoms with E-state index in [4.69, 9.17) is 12.2 Å². The summed E-state index contributed by atoms with van der Waals surface area (Å²) in [6.45, 7) is 3.40. The fourth-order valence-corrected chi connectivity index (χ4v) is 4.38. The van der Waals surface area contributed by atoms with Crippen LogP contribution in [0.1, 0.15) is 30.4 Å². The molecule has 33 heavy (non-hydrogen) atoms. The number of benzene rings is 2. The average molecular weight is 464 g/mol. The van der Waals surface area contributed by atoms with Crippen molar-refractivity contribution in [3.8, 4) is 11.4 Å². The third kappa shape index (κ3) is 5.96. The van der Waals surface area contributed by atoms with Gasteiger partial charge in [-0.15, -0.1) is 0 Å². The Morgan fingerprint density at radius 3 is 2.61 bits per heavy atom. The van der Waals surface area contributed by atoms with Crippen molar-refractivity contribution in [2.45, 2.75) is 45.2 Å². The normalized spacial score (nSPS) is 14.3. The predicted molar refractivity (Wildman–Crippen MR) is 130 cm³/mol. The van der Waals surface area contributed by atoms with Crippen LogP contribution < -0.4 is 5.32 Å². The summed E-state index contributed by atoms with van der Waals surface area (Å²) in [5.74, 6) is 0.740. The number of likely N-dealkylation sites (tertiary alicyclic amines) is 1. The molecule has 3 aromatic rings. The van der Waals surface area contributed by atoms with Gasteiger partial charge in [0, 0.05) is 31.1 Å². The quantitative estimate of drug-likeness (QED) is 0.524. The van der Waals surface area contributed by atoms with Gasteiger partial charge in [0.15, 0.2) is 10.6 Å². The molecule has 2 amide bonds. The minimum absolute atomic E-state index is 0.00950. The average Bonchev–Trinajstić information content (AvgIpc) is 3.19. The number of nitrogens with one attached hydrogen (secondary N) is 2. The topological polar surface area (TPSA) is 83.0 Å². The van der Waals surface area contributed by atoms with Crippen LogP contribution in [0, 0.1) is 11.7 Å². The lowest BCUT2D eigenvalue weighted by Gasteiger charge is -2.32. The summed E-state index contributed by atoms with van der Waals surface area (Å²) in [6.07, 6.45) is 2.72. The van der Waals surface area contributed by atoms with E-state index in [9.17, 15) is 9.59 Å². The summed E-state index contributed by atoms with van der Waals surface area (Å²) in [4.78, 5) is 27.2. The van der Waals surface area contributed by atoms with E-state index in [-0.39, 0.29) is 24.4 Å². The van der Waals surface area contributed by atoms with E-state index in [1.807, 2.05) is 66.4 Å². The second-order valence-electron chi connectivity index (χ2n) is 8.52. The number of carbonyl (C=O) groups is 2. The fourth-order valence-electron chi connectivity index (χ4n) is 4.18. The Labute approximate surface area is 198 Å². The molecule has 1 aliphatic heterocycles. The minimum Gasteiger partial charge on any atom is -0.353 e. The lowest BCUT2D eigenvalue weighted by molar-refractivity contribution is -0.133. The van der Waals surface area contributed by atoms with Gasteiger partial charge in [-0.3, -0.25) is 19.3 Å². The molecule has 0 spiro atoms. The van der Waals surface area contributed by atoms with E-state index in [0.29, 0.717) is 30.1 Å². The molecule has 4 rings (SSSR count). The van der Waals surface area contributed by atoms with Gasteiger partial charge in [-0.05, 0) is 50.0 Å². The molecule has 1 aromatic heterocycles. The molecule has 7 nitrogen and oxygen atoms in total. The third-order valence-electron chi connectivity index (χ3n) is 6.02. The molecule has 0 aliphatic carbocycles. The second kappa shape index (κ2) is 10.6. The largest absolute Gasteiger partial charge is 0.353 e.